The van der Waals surface area contributed by atoms with Crippen molar-refractivity contribution in [3.05, 3.63) is 66.5 Å². The highest BCUT2D eigenvalue weighted by Crippen LogP contribution is 2.43. The summed E-state index contributed by atoms with van der Waals surface area (Å²) in [6, 6.07) is 17.3. The molecule has 28 heavy (non-hydrogen) atoms. The molecule has 0 fully saturated rings. The topological polar surface area (TPSA) is 30.2 Å². The molecule has 0 unspecified atom stereocenters. The average Bonchev–Trinajstić information content (AvgIpc) is 3.34. The number of fused-ring (bicyclic) bond motifs is 6. The first-order valence-corrected chi connectivity index (χ1v) is 10.3. The van der Waals surface area contributed by atoms with Crippen LogP contribution in [0.25, 0.3) is 48.1 Å². The van der Waals surface area contributed by atoms with Crippen LogP contribution in [0.3, 0.4) is 0 Å². The van der Waals surface area contributed by atoms with Crippen LogP contribution in [0.5, 0.6) is 0 Å². The average molecular weight is 382 g/mol. The van der Waals surface area contributed by atoms with Gasteiger partial charge in [-0.1, -0.05) is 32.9 Å². The SMILES string of the molecule is CC(C)(C)c1ccc2c(c1)c1nccc3c4cc(-c5ccccn5)sc4n2c31. The van der Waals surface area contributed by atoms with Crippen molar-refractivity contribution >= 4 is 48.9 Å². The maximum atomic E-state index is 4.77. The Morgan fingerprint density at radius 3 is 2.54 bits per heavy atom. The van der Waals surface area contributed by atoms with Crippen molar-refractivity contribution in [1.29, 1.82) is 0 Å². The zero-order chi connectivity index (χ0) is 19.0. The minimum atomic E-state index is 0.116. The van der Waals surface area contributed by atoms with Crippen molar-refractivity contribution in [1.82, 2.24) is 14.4 Å². The first kappa shape index (κ1) is 16.0. The summed E-state index contributed by atoms with van der Waals surface area (Å²) in [5, 5.41) is 3.80. The van der Waals surface area contributed by atoms with E-state index in [1.807, 2.05) is 24.5 Å². The van der Waals surface area contributed by atoms with Crippen molar-refractivity contribution in [2.45, 2.75) is 26.2 Å². The number of aromatic nitrogens is 3. The Morgan fingerprint density at radius 2 is 1.75 bits per heavy atom. The lowest BCUT2D eigenvalue weighted by molar-refractivity contribution is 0.591. The van der Waals surface area contributed by atoms with Gasteiger partial charge in [0.25, 0.3) is 0 Å². The predicted octanol–water partition coefficient (Wildman–Crippen LogP) is 6.65. The van der Waals surface area contributed by atoms with Gasteiger partial charge in [-0.3, -0.25) is 14.4 Å². The third-order valence-electron chi connectivity index (χ3n) is 5.63. The Balaban J connectivity index is 1.75. The third kappa shape index (κ3) is 2.04. The quantitative estimate of drug-likeness (QED) is 0.319. The summed E-state index contributed by atoms with van der Waals surface area (Å²) >= 11 is 1.81. The van der Waals surface area contributed by atoms with Gasteiger partial charge in [0.05, 0.1) is 27.1 Å². The number of nitrogens with zero attached hydrogens (tertiary/aromatic N) is 3. The van der Waals surface area contributed by atoms with Crippen molar-refractivity contribution in [2.24, 2.45) is 0 Å². The minimum absolute atomic E-state index is 0.116. The van der Waals surface area contributed by atoms with Gasteiger partial charge in [-0.2, -0.15) is 0 Å². The summed E-state index contributed by atoms with van der Waals surface area (Å²) < 4.78 is 2.39. The third-order valence-corrected chi connectivity index (χ3v) is 6.77. The van der Waals surface area contributed by atoms with Crippen LogP contribution in [0.4, 0.5) is 0 Å². The molecule has 1 aromatic carbocycles. The number of rotatable bonds is 1. The van der Waals surface area contributed by atoms with Crippen LogP contribution in [-0.4, -0.2) is 14.4 Å². The lowest BCUT2D eigenvalue weighted by Gasteiger charge is -2.18. The minimum Gasteiger partial charge on any atom is -0.298 e. The van der Waals surface area contributed by atoms with E-state index >= 15 is 0 Å². The van der Waals surface area contributed by atoms with Crippen LogP contribution < -0.4 is 0 Å². The molecule has 0 amide bonds. The van der Waals surface area contributed by atoms with E-state index in [-0.39, 0.29) is 5.41 Å². The van der Waals surface area contributed by atoms with E-state index in [9.17, 15) is 0 Å². The zero-order valence-electron chi connectivity index (χ0n) is 16.0. The lowest BCUT2D eigenvalue weighted by Crippen LogP contribution is -2.10. The maximum absolute atomic E-state index is 4.77. The fraction of sp³-hybridized carbons (Fsp3) is 0.167. The standard InChI is InChI=1S/C24H19N3S/c1-24(2,3)14-7-8-19-17(12-14)21-22-15(9-11-26-21)16-13-20(28-23(16)27(19)22)18-6-4-5-10-25-18/h4-13H,1-3H3. The van der Waals surface area contributed by atoms with Gasteiger partial charge in [0.1, 0.15) is 4.83 Å². The number of thiophene rings is 1. The fourth-order valence-corrected chi connectivity index (χ4v) is 5.36. The Morgan fingerprint density at radius 1 is 0.857 bits per heavy atom. The number of hydrogen-bond donors (Lipinski definition) is 0. The van der Waals surface area contributed by atoms with Gasteiger partial charge in [0.2, 0.25) is 0 Å². The molecule has 0 aliphatic heterocycles. The van der Waals surface area contributed by atoms with Crippen molar-refractivity contribution in [3.63, 3.8) is 0 Å². The smallest absolute Gasteiger partial charge is 0.109 e. The molecule has 5 aromatic heterocycles. The van der Waals surface area contributed by atoms with Gasteiger partial charge >= 0.3 is 0 Å². The van der Waals surface area contributed by atoms with E-state index in [2.05, 4.69) is 66.6 Å². The molecule has 6 rings (SSSR count). The Bertz CT molecular complexity index is 1480. The van der Waals surface area contributed by atoms with Crippen LogP contribution in [0.15, 0.2) is 60.9 Å². The van der Waals surface area contributed by atoms with E-state index in [0.29, 0.717) is 0 Å². The monoisotopic (exact) mass is 381 g/mol. The second-order valence-electron chi connectivity index (χ2n) is 8.42. The highest BCUT2D eigenvalue weighted by molar-refractivity contribution is 7.22. The molecule has 0 aliphatic rings. The van der Waals surface area contributed by atoms with E-state index in [0.717, 1.165) is 11.2 Å². The van der Waals surface area contributed by atoms with Crippen molar-refractivity contribution in [2.75, 3.05) is 0 Å². The molecule has 0 bridgehead atoms. The number of pyridine rings is 2. The van der Waals surface area contributed by atoms with Gasteiger partial charge in [0.15, 0.2) is 0 Å². The fourth-order valence-electron chi connectivity index (χ4n) is 4.19. The first-order valence-electron chi connectivity index (χ1n) is 9.52. The molecule has 0 N–H and O–H groups in total. The molecule has 0 spiro atoms. The summed E-state index contributed by atoms with van der Waals surface area (Å²) in [5.74, 6) is 0. The number of hydrogen-bond acceptors (Lipinski definition) is 3. The van der Waals surface area contributed by atoms with Crippen LogP contribution in [0.2, 0.25) is 0 Å². The Labute approximate surface area is 166 Å². The normalized spacial score (nSPS) is 12.8. The second kappa shape index (κ2) is 5.30. The largest absolute Gasteiger partial charge is 0.298 e. The molecule has 0 atom stereocenters. The molecular formula is C24H19N3S. The van der Waals surface area contributed by atoms with Crippen LogP contribution in [0, 0.1) is 0 Å². The molecule has 6 aromatic rings. The highest BCUT2D eigenvalue weighted by Gasteiger charge is 2.22. The highest BCUT2D eigenvalue weighted by atomic mass is 32.1. The molecular weight excluding hydrogens is 362 g/mol. The molecule has 136 valence electrons. The van der Waals surface area contributed by atoms with Gasteiger partial charge in [-0.25, -0.2) is 0 Å². The van der Waals surface area contributed by atoms with Gasteiger partial charge in [0, 0.05) is 28.6 Å². The summed E-state index contributed by atoms with van der Waals surface area (Å²) in [6.45, 7) is 6.78. The van der Waals surface area contributed by atoms with Gasteiger partial charge in [-0.05, 0) is 47.4 Å². The predicted molar refractivity (Wildman–Crippen MR) is 119 cm³/mol. The van der Waals surface area contributed by atoms with Crippen molar-refractivity contribution < 1.29 is 0 Å². The van der Waals surface area contributed by atoms with E-state index in [1.54, 1.807) is 11.3 Å². The summed E-state index contributed by atoms with van der Waals surface area (Å²) in [5.41, 5.74) is 6.05. The molecule has 3 nitrogen and oxygen atoms in total. The second-order valence-corrected chi connectivity index (χ2v) is 9.45. The van der Waals surface area contributed by atoms with Crippen LogP contribution >= 0.6 is 11.3 Å². The number of benzene rings is 1. The summed E-state index contributed by atoms with van der Waals surface area (Å²) in [6.07, 6.45) is 3.80. The first-order chi connectivity index (χ1) is 13.5. The van der Waals surface area contributed by atoms with Gasteiger partial charge < -0.3 is 0 Å². The molecule has 0 radical (unpaired) electrons. The molecule has 4 heteroatoms. The van der Waals surface area contributed by atoms with Crippen molar-refractivity contribution in [3.8, 4) is 10.6 Å². The Kier molecular flexibility index (Phi) is 3.03. The Hall–Kier alpha value is -2.98. The van der Waals surface area contributed by atoms with E-state index in [1.165, 1.54) is 42.5 Å². The molecule has 5 heterocycles. The molecule has 0 saturated carbocycles. The zero-order valence-corrected chi connectivity index (χ0v) is 16.8. The van der Waals surface area contributed by atoms with E-state index < -0.39 is 0 Å². The van der Waals surface area contributed by atoms with E-state index in [4.69, 9.17) is 4.98 Å². The maximum Gasteiger partial charge on any atom is 0.109 e. The summed E-state index contributed by atoms with van der Waals surface area (Å²) in [7, 11) is 0. The van der Waals surface area contributed by atoms with Gasteiger partial charge in [-0.15, -0.1) is 11.3 Å². The van der Waals surface area contributed by atoms with Crippen LogP contribution in [0.1, 0.15) is 26.3 Å². The lowest BCUT2D eigenvalue weighted by atomic mass is 9.86. The molecule has 0 saturated heterocycles. The molecule has 0 aliphatic carbocycles. The van der Waals surface area contributed by atoms with Crippen LogP contribution in [-0.2, 0) is 5.41 Å². The summed E-state index contributed by atoms with van der Waals surface area (Å²) in [4.78, 5) is 11.8.